The van der Waals surface area contributed by atoms with Crippen molar-refractivity contribution in [2.45, 2.75) is 58.4 Å². The summed E-state index contributed by atoms with van der Waals surface area (Å²) in [5.41, 5.74) is 8.68. The first-order valence-corrected chi connectivity index (χ1v) is 7.94. The second kappa shape index (κ2) is 9.56. The predicted octanol–water partition coefficient (Wildman–Crippen LogP) is 4.01. The molecule has 1 atom stereocenters. The Bertz CT molecular complexity index is 412. The van der Waals surface area contributed by atoms with Gasteiger partial charge in [-0.1, -0.05) is 51.0 Å². The minimum Gasteiger partial charge on any atom is -0.469 e. The van der Waals surface area contributed by atoms with E-state index in [-0.39, 0.29) is 12.0 Å². The Labute approximate surface area is 128 Å². The first kappa shape index (κ1) is 17.7. The van der Waals surface area contributed by atoms with Gasteiger partial charge < -0.3 is 10.5 Å². The average molecular weight is 291 g/mol. The summed E-state index contributed by atoms with van der Waals surface area (Å²) >= 11 is 0. The van der Waals surface area contributed by atoms with E-state index in [1.165, 1.54) is 31.1 Å². The normalized spacial score (nSPS) is 12.4. The minimum absolute atomic E-state index is 0.132. The highest BCUT2D eigenvalue weighted by Gasteiger charge is 2.07. The molecule has 0 amide bonds. The average Bonchev–Trinajstić information content (AvgIpc) is 2.47. The van der Waals surface area contributed by atoms with Gasteiger partial charge in [-0.05, 0) is 36.3 Å². The van der Waals surface area contributed by atoms with Crippen molar-refractivity contribution < 1.29 is 9.53 Å². The number of nitrogens with two attached hydrogens (primary N) is 1. The molecule has 0 aliphatic carbocycles. The summed E-state index contributed by atoms with van der Waals surface area (Å²) in [4.78, 5) is 11.1. The van der Waals surface area contributed by atoms with E-state index in [0.717, 1.165) is 25.2 Å². The number of hydrogen-bond acceptors (Lipinski definition) is 3. The van der Waals surface area contributed by atoms with Gasteiger partial charge in [0.15, 0.2) is 0 Å². The summed E-state index contributed by atoms with van der Waals surface area (Å²) in [6, 6.07) is 8.61. The fourth-order valence-electron chi connectivity index (χ4n) is 2.38. The Morgan fingerprint density at radius 2 is 1.81 bits per heavy atom. The number of carbonyl (C=O) groups is 1. The molecule has 0 bridgehead atoms. The van der Waals surface area contributed by atoms with Crippen LogP contribution < -0.4 is 5.73 Å². The maximum Gasteiger partial charge on any atom is 0.305 e. The maximum atomic E-state index is 11.1. The largest absolute Gasteiger partial charge is 0.469 e. The Balaban J connectivity index is 2.37. The van der Waals surface area contributed by atoms with Crippen LogP contribution >= 0.6 is 0 Å². The first-order chi connectivity index (χ1) is 10.0. The zero-order valence-corrected chi connectivity index (χ0v) is 13.6. The standard InChI is InChI=1S/C18H29NO2/c1-14(2)6-4-8-17(19)16-12-10-15(11-13-16)7-5-9-18(20)21-3/h10-14,17H,4-9,19H2,1-3H3. The van der Waals surface area contributed by atoms with Crippen molar-refractivity contribution in [2.75, 3.05) is 7.11 Å². The van der Waals surface area contributed by atoms with Crippen LogP contribution in [0.3, 0.4) is 0 Å². The Hall–Kier alpha value is -1.35. The van der Waals surface area contributed by atoms with Gasteiger partial charge in [-0.2, -0.15) is 0 Å². The van der Waals surface area contributed by atoms with Gasteiger partial charge in [0.2, 0.25) is 0 Å². The highest BCUT2D eigenvalue weighted by atomic mass is 16.5. The third-order valence-electron chi connectivity index (χ3n) is 3.78. The molecule has 0 radical (unpaired) electrons. The van der Waals surface area contributed by atoms with Crippen molar-refractivity contribution in [3.63, 3.8) is 0 Å². The van der Waals surface area contributed by atoms with E-state index in [2.05, 4.69) is 42.8 Å². The summed E-state index contributed by atoms with van der Waals surface area (Å²) in [7, 11) is 1.43. The number of aryl methyl sites for hydroxylation is 1. The smallest absolute Gasteiger partial charge is 0.305 e. The van der Waals surface area contributed by atoms with E-state index in [9.17, 15) is 4.79 Å². The van der Waals surface area contributed by atoms with Gasteiger partial charge in [-0.15, -0.1) is 0 Å². The highest BCUT2D eigenvalue weighted by molar-refractivity contribution is 5.69. The molecule has 0 spiro atoms. The zero-order chi connectivity index (χ0) is 15.7. The number of carbonyl (C=O) groups excluding carboxylic acids is 1. The van der Waals surface area contributed by atoms with E-state index in [0.29, 0.717) is 6.42 Å². The van der Waals surface area contributed by atoms with Crippen molar-refractivity contribution >= 4 is 5.97 Å². The first-order valence-electron chi connectivity index (χ1n) is 7.94. The molecule has 0 aliphatic rings. The van der Waals surface area contributed by atoms with Gasteiger partial charge in [0.25, 0.3) is 0 Å². The summed E-state index contributed by atoms with van der Waals surface area (Å²) in [6.07, 6.45) is 5.66. The molecular formula is C18H29NO2. The second-order valence-electron chi connectivity index (χ2n) is 6.10. The van der Waals surface area contributed by atoms with E-state index >= 15 is 0 Å². The van der Waals surface area contributed by atoms with Crippen molar-refractivity contribution in [1.29, 1.82) is 0 Å². The molecule has 1 aromatic carbocycles. The van der Waals surface area contributed by atoms with Crippen molar-refractivity contribution in [3.8, 4) is 0 Å². The quantitative estimate of drug-likeness (QED) is 0.699. The van der Waals surface area contributed by atoms with Crippen LogP contribution in [0.4, 0.5) is 0 Å². The summed E-state index contributed by atoms with van der Waals surface area (Å²) in [5, 5.41) is 0. The molecule has 118 valence electrons. The molecular weight excluding hydrogens is 262 g/mol. The molecule has 1 rings (SSSR count). The number of rotatable bonds is 9. The molecule has 3 nitrogen and oxygen atoms in total. The van der Waals surface area contributed by atoms with Gasteiger partial charge in [0, 0.05) is 12.5 Å². The molecule has 21 heavy (non-hydrogen) atoms. The zero-order valence-electron chi connectivity index (χ0n) is 13.6. The summed E-state index contributed by atoms with van der Waals surface area (Å²) in [6.45, 7) is 4.49. The Kier molecular flexibility index (Phi) is 8.06. The summed E-state index contributed by atoms with van der Waals surface area (Å²) < 4.78 is 4.64. The summed E-state index contributed by atoms with van der Waals surface area (Å²) in [5.74, 6) is 0.605. The molecule has 0 saturated heterocycles. The lowest BCUT2D eigenvalue weighted by atomic mass is 9.97. The Morgan fingerprint density at radius 3 is 2.38 bits per heavy atom. The van der Waals surface area contributed by atoms with E-state index in [1.54, 1.807) is 0 Å². The molecule has 1 aromatic rings. The fourth-order valence-corrected chi connectivity index (χ4v) is 2.38. The lowest BCUT2D eigenvalue weighted by Crippen LogP contribution is -2.10. The lowest BCUT2D eigenvalue weighted by molar-refractivity contribution is -0.140. The van der Waals surface area contributed by atoms with Gasteiger partial charge in [-0.25, -0.2) is 0 Å². The molecule has 0 aliphatic heterocycles. The van der Waals surface area contributed by atoms with E-state index in [1.807, 2.05) is 0 Å². The van der Waals surface area contributed by atoms with Gasteiger partial charge >= 0.3 is 5.97 Å². The van der Waals surface area contributed by atoms with Crippen LogP contribution in [0.25, 0.3) is 0 Å². The SMILES string of the molecule is COC(=O)CCCc1ccc(C(N)CCCC(C)C)cc1. The number of esters is 1. The van der Waals surface area contributed by atoms with Crippen LogP contribution in [0.2, 0.25) is 0 Å². The minimum atomic E-state index is -0.140. The molecule has 2 N–H and O–H groups in total. The van der Waals surface area contributed by atoms with Crippen LogP contribution in [0.1, 0.15) is 63.1 Å². The van der Waals surface area contributed by atoms with Gasteiger partial charge in [0.1, 0.15) is 0 Å². The number of hydrogen-bond donors (Lipinski definition) is 1. The number of benzene rings is 1. The molecule has 1 unspecified atom stereocenters. The van der Waals surface area contributed by atoms with Crippen LogP contribution in [-0.2, 0) is 16.0 Å². The van der Waals surface area contributed by atoms with Gasteiger partial charge in [-0.3, -0.25) is 4.79 Å². The van der Waals surface area contributed by atoms with E-state index < -0.39 is 0 Å². The van der Waals surface area contributed by atoms with Crippen molar-refractivity contribution in [1.82, 2.24) is 0 Å². The molecule has 3 heteroatoms. The second-order valence-corrected chi connectivity index (χ2v) is 6.10. The number of ether oxygens (including phenoxy) is 1. The Morgan fingerprint density at radius 1 is 1.14 bits per heavy atom. The van der Waals surface area contributed by atoms with Crippen LogP contribution in [0, 0.1) is 5.92 Å². The fraction of sp³-hybridized carbons (Fsp3) is 0.611. The molecule has 0 saturated carbocycles. The monoisotopic (exact) mass is 291 g/mol. The highest BCUT2D eigenvalue weighted by Crippen LogP contribution is 2.19. The van der Waals surface area contributed by atoms with Gasteiger partial charge in [0.05, 0.1) is 7.11 Å². The lowest BCUT2D eigenvalue weighted by Gasteiger charge is -2.13. The predicted molar refractivity (Wildman–Crippen MR) is 87.0 cm³/mol. The third-order valence-corrected chi connectivity index (χ3v) is 3.78. The third kappa shape index (κ3) is 7.28. The van der Waals surface area contributed by atoms with E-state index in [4.69, 9.17) is 5.73 Å². The van der Waals surface area contributed by atoms with Crippen molar-refractivity contribution in [3.05, 3.63) is 35.4 Å². The topological polar surface area (TPSA) is 52.3 Å². The van der Waals surface area contributed by atoms with Crippen LogP contribution in [0.5, 0.6) is 0 Å². The van der Waals surface area contributed by atoms with Crippen molar-refractivity contribution in [2.24, 2.45) is 11.7 Å². The van der Waals surface area contributed by atoms with Crippen LogP contribution in [0.15, 0.2) is 24.3 Å². The number of methoxy groups -OCH3 is 1. The molecule has 0 heterocycles. The maximum absolute atomic E-state index is 11.1. The molecule has 0 fully saturated rings. The van der Waals surface area contributed by atoms with Crippen LogP contribution in [-0.4, -0.2) is 13.1 Å². The molecule has 0 aromatic heterocycles.